The van der Waals surface area contributed by atoms with Crippen LogP contribution in [0, 0.1) is 11.8 Å². The van der Waals surface area contributed by atoms with Gasteiger partial charge < -0.3 is 0 Å². The zero-order chi connectivity index (χ0) is 5.82. The highest BCUT2D eigenvalue weighted by molar-refractivity contribution is 5.03. The van der Waals surface area contributed by atoms with Crippen molar-refractivity contribution in [2.75, 3.05) is 0 Å². The summed E-state index contributed by atoms with van der Waals surface area (Å²) in [7, 11) is 0. The summed E-state index contributed by atoms with van der Waals surface area (Å²) in [5.41, 5.74) is 0. The van der Waals surface area contributed by atoms with E-state index in [1.807, 2.05) is 0 Å². The van der Waals surface area contributed by atoms with Crippen LogP contribution in [0.15, 0.2) is 0 Å². The lowest BCUT2D eigenvalue weighted by Crippen LogP contribution is -1.72. The van der Waals surface area contributed by atoms with Gasteiger partial charge in [0.15, 0.2) is 0 Å². The van der Waals surface area contributed by atoms with Crippen LogP contribution in [0.3, 0.4) is 0 Å². The molecule has 2 nitrogen and oxygen atoms in total. The molecular formula is C6H8O2. The van der Waals surface area contributed by atoms with Crippen LogP contribution >= 0.6 is 0 Å². The monoisotopic (exact) mass is 112 g/mol. The Bertz CT molecular complexity index is 116. The fourth-order valence-electron chi connectivity index (χ4n) is 0.356. The van der Waals surface area contributed by atoms with Crippen molar-refractivity contribution in [1.29, 1.82) is 0 Å². The smallest absolute Gasteiger partial charge is 0.184 e. The second kappa shape index (κ2) is 2.71. The molecule has 1 aliphatic heterocycles. The molecule has 0 bridgehead atoms. The summed E-state index contributed by atoms with van der Waals surface area (Å²) in [6.07, 6.45) is 1.82. The van der Waals surface area contributed by atoms with Gasteiger partial charge in [-0.1, -0.05) is 12.8 Å². The zero-order valence-corrected chi connectivity index (χ0v) is 4.81. The van der Waals surface area contributed by atoms with Gasteiger partial charge in [-0.25, -0.2) is 0 Å². The summed E-state index contributed by atoms with van der Waals surface area (Å²) in [6.45, 7) is 2.09. The van der Waals surface area contributed by atoms with Crippen molar-refractivity contribution in [3.05, 3.63) is 0 Å². The molecule has 0 aromatic rings. The summed E-state index contributed by atoms with van der Waals surface area (Å²) in [5, 5.41) is 0. The van der Waals surface area contributed by atoms with Gasteiger partial charge in [-0.2, -0.15) is 9.78 Å². The Morgan fingerprint density at radius 3 is 2.75 bits per heavy atom. The topological polar surface area (TPSA) is 25.1 Å². The van der Waals surface area contributed by atoms with Crippen LogP contribution in [-0.2, 0) is 9.78 Å². The lowest BCUT2D eigenvalue weighted by molar-refractivity contribution is 0.0850. The quantitative estimate of drug-likeness (QED) is 0.288. The summed E-state index contributed by atoms with van der Waals surface area (Å²) in [5.74, 6) is 5.66. The van der Waals surface area contributed by atoms with E-state index in [9.17, 15) is 0 Å². The van der Waals surface area contributed by atoms with Crippen LogP contribution in [0.1, 0.15) is 19.8 Å². The fourth-order valence-corrected chi connectivity index (χ4v) is 0.356. The number of unbranched alkanes of at least 4 members (excludes halogenated alkanes) is 1. The Hall–Kier alpha value is -0.520. The second-order valence-corrected chi connectivity index (χ2v) is 1.60. The van der Waals surface area contributed by atoms with Crippen LogP contribution in [0.4, 0.5) is 0 Å². The first-order valence-corrected chi connectivity index (χ1v) is 2.74. The van der Waals surface area contributed by atoms with Crippen molar-refractivity contribution >= 4 is 0 Å². The minimum Gasteiger partial charge on any atom is -0.184 e. The molecule has 0 aromatic heterocycles. The molecule has 1 rings (SSSR count). The predicted octanol–water partition coefficient (Wildman–Crippen LogP) is 1.08. The van der Waals surface area contributed by atoms with E-state index in [4.69, 9.17) is 0 Å². The van der Waals surface area contributed by atoms with E-state index in [1.165, 1.54) is 0 Å². The van der Waals surface area contributed by atoms with E-state index >= 15 is 0 Å². The van der Waals surface area contributed by atoms with Crippen LogP contribution in [0.2, 0.25) is 0 Å². The molecule has 1 saturated heterocycles. The molecule has 8 heavy (non-hydrogen) atoms. The van der Waals surface area contributed by atoms with Gasteiger partial charge in [0.2, 0.25) is 0 Å². The minimum absolute atomic E-state index is 0.207. The van der Waals surface area contributed by atoms with Crippen molar-refractivity contribution in [3.63, 3.8) is 0 Å². The average molecular weight is 112 g/mol. The lowest BCUT2D eigenvalue weighted by atomic mass is 10.3. The summed E-state index contributed by atoms with van der Waals surface area (Å²) < 4.78 is 0. The van der Waals surface area contributed by atoms with Crippen molar-refractivity contribution in [2.24, 2.45) is 0 Å². The fraction of sp³-hybridized carbons (Fsp3) is 0.667. The molecule has 1 fully saturated rings. The van der Waals surface area contributed by atoms with Gasteiger partial charge in [-0.05, 0) is 12.3 Å². The third-order valence-electron chi connectivity index (χ3n) is 0.787. The summed E-state index contributed by atoms with van der Waals surface area (Å²) in [6, 6.07) is 0. The van der Waals surface area contributed by atoms with E-state index in [-0.39, 0.29) is 6.29 Å². The van der Waals surface area contributed by atoms with Crippen molar-refractivity contribution < 1.29 is 9.78 Å². The van der Waals surface area contributed by atoms with E-state index < -0.39 is 0 Å². The van der Waals surface area contributed by atoms with Gasteiger partial charge in [0.25, 0.3) is 6.29 Å². The average Bonchev–Trinajstić information content (AvgIpc) is 2.51. The van der Waals surface area contributed by atoms with Gasteiger partial charge in [-0.3, -0.25) is 0 Å². The normalized spacial score (nSPS) is 17.1. The number of hydrogen-bond donors (Lipinski definition) is 0. The minimum atomic E-state index is -0.207. The van der Waals surface area contributed by atoms with Crippen LogP contribution in [-0.4, -0.2) is 6.29 Å². The first-order valence-electron chi connectivity index (χ1n) is 2.74. The van der Waals surface area contributed by atoms with Gasteiger partial charge >= 0.3 is 0 Å². The highest BCUT2D eigenvalue weighted by Crippen LogP contribution is 2.08. The highest BCUT2D eigenvalue weighted by Gasteiger charge is 2.21. The molecular weight excluding hydrogens is 104 g/mol. The molecule has 0 radical (unpaired) electrons. The van der Waals surface area contributed by atoms with Crippen LogP contribution in [0.5, 0.6) is 0 Å². The van der Waals surface area contributed by atoms with Gasteiger partial charge in [0, 0.05) is 6.42 Å². The maximum absolute atomic E-state index is 4.38. The molecule has 0 unspecified atom stereocenters. The maximum atomic E-state index is 4.38. The molecule has 1 aliphatic rings. The summed E-state index contributed by atoms with van der Waals surface area (Å²) >= 11 is 0. The Kier molecular flexibility index (Phi) is 1.90. The number of rotatable bonds is 1. The molecule has 0 spiro atoms. The third-order valence-corrected chi connectivity index (χ3v) is 0.787. The van der Waals surface area contributed by atoms with E-state index in [0.717, 1.165) is 12.8 Å². The Balaban J connectivity index is 2.05. The molecule has 0 aromatic carbocycles. The van der Waals surface area contributed by atoms with Crippen molar-refractivity contribution in [3.8, 4) is 11.8 Å². The van der Waals surface area contributed by atoms with Gasteiger partial charge in [0.05, 0.1) is 0 Å². The highest BCUT2D eigenvalue weighted by atomic mass is 17.4. The van der Waals surface area contributed by atoms with E-state index in [1.54, 1.807) is 0 Å². The van der Waals surface area contributed by atoms with E-state index in [2.05, 4.69) is 28.5 Å². The van der Waals surface area contributed by atoms with Gasteiger partial charge in [-0.15, -0.1) is 0 Å². The molecule has 0 amide bonds. The molecule has 2 heteroatoms. The molecule has 1 heterocycles. The SMILES string of the molecule is CCCC#CC1OO1. The van der Waals surface area contributed by atoms with Crippen LogP contribution in [0.25, 0.3) is 0 Å². The molecule has 0 atom stereocenters. The number of hydrogen-bond acceptors (Lipinski definition) is 2. The molecule has 0 aliphatic carbocycles. The third kappa shape index (κ3) is 1.97. The van der Waals surface area contributed by atoms with Crippen molar-refractivity contribution in [2.45, 2.75) is 26.1 Å². The Labute approximate surface area is 48.7 Å². The van der Waals surface area contributed by atoms with Crippen molar-refractivity contribution in [1.82, 2.24) is 0 Å². The first kappa shape index (κ1) is 5.61. The van der Waals surface area contributed by atoms with Crippen LogP contribution < -0.4 is 0 Å². The predicted molar refractivity (Wildman–Crippen MR) is 28.6 cm³/mol. The standard InChI is InChI=1S/C6H8O2/c1-2-3-4-5-6-7-8-6/h6H,2-3H2,1H3. The maximum Gasteiger partial charge on any atom is 0.284 e. The van der Waals surface area contributed by atoms with E-state index in [0.29, 0.717) is 0 Å². The summed E-state index contributed by atoms with van der Waals surface area (Å²) in [4.78, 5) is 8.76. The molecule has 44 valence electrons. The Morgan fingerprint density at radius 1 is 1.50 bits per heavy atom. The first-order chi connectivity index (χ1) is 3.93. The largest absolute Gasteiger partial charge is 0.284 e. The molecule has 0 saturated carbocycles. The van der Waals surface area contributed by atoms with Gasteiger partial charge in [0.1, 0.15) is 0 Å². The zero-order valence-electron chi connectivity index (χ0n) is 4.81. The molecule has 0 N–H and O–H groups in total. The second-order valence-electron chi connectivity index (χ2n) is 1.60. The Morgan fingerprint density at radius 2 is 2.25 bits per heavy atom. The lowest BCUT2D eigenvalue weighted by Gasteiger charge is -1.72.